The highest BCUT2D eigenvalue weighted by Crippen LogP contribution is 2.18. The average molecular weight is 249 g/mol. The number of nitro benzene ring substituents is 1. The molecule has 0 saturated carbocycles. The molecule has 0 aliphatic carbocycles. The molecular weight excluding hydrogens is 234 g/mol. The first-order valence-electron chi connectivity index (χ1n) is 5.93. The lowest BCUT2D eigenvalue weighted by Gasteiger charge is -2.21. The monoisotopic (exact) mass is 249 g/mol. The van der Waals surface area contributed by atoms with Gasteiger partial charge in [0.05, 0.1) is 4.92 Å². The summed E-state index contributed by atoms with van der Waals surface area (Å²) in [5.41, 5.74) is 0.624. The number of nitrogens with zero attached hydrogens (tertiary/aromatic N) is 1. The third-order valence-corrected chi connectivity index (χ3v) is 3.06. The highest BCUT2D eigenvalue weighted by Gasteiger charge is 2.20. The molecule has 0 atom stereocenters. The van der Waals surface area contributed by atoms with Gasteiger partial charge in [-0.05, 0) is 38.1 Å². The Balaban J connectivity index is 1.96. The summed E-state index contributed by atoms with van der Waals surface area (Å²) in [6, 6.07) is 5.88. The Labute approximate surface area is 105 Å². The van der Waals surface area contributed by atoms with Gasteiger partial charge in [-0.2, -0.15) is 0 Å². The standard InChI is InChI=1S/C12H15N3O3/c16-12(9-5-7-13-8-6-9)14-10-1-3-11(4-2-10)15(17)18/h1-4,9,13H,5-8H2,(H,14,16). The van der Waals surface area contributed by atoms with Crippen molar-refractivity contribution in [1.82, 2.24) is 5.32 Å². The number of carbonyl (C=O) groups is 1. The number of carbonyl (C=O) groups excluding carboxylic acids is 1. The summed E-state index contributed by atoms with van der Waals surface area (Å²) in [7, 11) is 0. The zero-order chi connectivity index (χ0) is 13.0. The van der Waals surface area contributed by atoms with Gasteiger partial charge in [0, 0.05) is 23.7 Å². The number of benzene rings is 1. The summed E-state index contributed by atoms with van der Waals surface area (Å²) < 4.78 is 0. The van der Waals surface area contributed by atoms with Crippen LogP contribution in [0.3, 0.4) is 0 Å². The van der Waals surface area contributed by atoms with Crippen molar-refractivity contribution >= 4 is 17.3 Å². The van der Waals surface area contributed by atoms with Crippen molar-refractivity contribution < 1.29 is 9.72 Å². The first-order chi connectivity index (χ1) is 8.66. The molecule has 1 aromatic rings. The van der Waals surface area contributed by atoms with E-state index in [0.29, 0.717) is 5.69 Å². The molecule has 0 radical (unpaired) electrons. The summed E-state index contributed by atoms with van der Waals surface area (Å²) in [5.74, 6) is 0.0202. The summed E-state index contributed by atoms with van der Waals surface area (Å²) in [6.45, 7) is 1.72. The quantitative estimate of drug-likeness (QED) is 0.628. The molecule has 1 aliphatic heterocycles. The lowest BCUT2D eigenvalue weighted by atomic mass is 9.97. The van der Waals surface area contributed by atoms with Crippen molar-refractivity contribution in [3.8, 4) is 0 Å². The van der Waals surface area contributed by atoms with Crippen LogP contribution in [0.15, 0.2) is 24.3 Å². The zero-order valence-corrected chi connectivity index (χ0v) is 9.89. The predicted molar refractivity (Wildman–Crippen MR) is 67.3 cm³/mol. The van der Waals surface area contributed by atoms with Crippen LogP contribution in [0.25, 0.3) is 0 Å². The van der Waals surface area contributed by atoms with Crippen LogP contribution in [-0.2, 0) is 4.79 Å². The maximum atomic E-state index is 11.9. The fraction of sp³-hybridized carbons (Fsp3) is 0.417. The molecule has 1 aromatic carbocycles. The Bertz CT molecular complexity index is 438. The highest BCUT2D eigenvalue weighted by molar-refractivity contribution is 5.92. The lowest BCUT2D eigenvalue weighted by Crippen LogP contribution is -2.34. The molecule has 1 heterocycles. The van der Waals surface area contributed by atoms with Gasteiger partial charge in [-0.3, -0.25) is 14.9 Å². The fourth-order valence-electron chi connectivity index (χ4n) is 1.99. The van der Waals surface area contributed by atoms with E-state index in [-0.39, 0.29) is 17.5 Å². The van der Waals surface area contributed by atoms with Crippen molar-refractivity contribution in [2.75, 3.05) is 18.4 Å². The predicted octanol–water partition coefficient (Wildman–Crippen LogP) is 1.53. The van der Waals surface area contributed by atoms with Crippen LogP contribution in [0.1, 0.15) is 12.8 Å². The van der Waals surface area contributed by atoms with Crippen molar-refractivity contribution in [3.05, 3.63) is 34.4 Å². The van der Waals surface area contributed by atoms with E-state index in [9.17, 15) is 14.9 Å². The Morgan fingerprint density at radius 3 is 2.44 bits per heavy atom. The molecule has 6 nitrogen and oxygen atoms in total. The third kappa shape index (κ3) is 3.04. The van der Waals surface area contributed by atoms with E-state index in [1.807, 2.05) is 0 Å². The molecule has 6 heteroatoms. The minimum absolute atomic E-state index is 0.00893. The van der Waals surface area contributed by atoms with E-state index in [4.69, 9.17) is 0 Å². The van der Waals surface area contributed by atoms with Crippen molar-refractivity contribution in [1.29, 1.82) is 0 Å². The van der Waals surface area contributed by atoms with E-state index >= 15 is 0 Å². The molecule has 1 aliphatic rings. The van der Waals surface area contributed by atoms with Crippen molar-refractivity contribution in [3.63, 3.8) is 0 Å². The van der Waals surface area contributed by atoms with E-state index in [0.717, 1.165) is 25.9 Å². The molecule has 2 rings (SSSR count). The molecule has 1 fully saturated rings. The molecule has 2 N–H and O–H groups in total. The van der Waals surface area contributed by atoms with E-state index in [1.54, 1.807) is 12.1 Å². The number of piperidine rings is 1. The Kier molecular flexibility index (Phi) is 3.88. The minimum atomic E-state index is -0.460. The molecule has 0 unspecified atom stereocenters. The Morgan fingerprint density at radius 2 is 1.89 bits per heavy atom. The molecule has 0 bridgehead atoms. The smallest absolute Gasteiger partial charge is 0.269 e. The van der Waals surface area contributed by atoms with Crippen LogP contribution in [0.5, 0.6) is 0 Å². The maximum Gasteiger partial charge on any atom is 0.269 e. The van der Waals surface area contributed by atoms with Crippen LogP contribution in [0.2, 0.25) is 0 Å². The van der Waals surface area contributed by atoms with E-state index in [1.165, 1.54) is 12.1 Å². The zero-order valence-electron chi connectivity index (χ0n) is 9.89. The molecular formula is C12H15N3O3. The van der Waals surface area contributed by atoms with Gasteiger partial charge in [0.2, 0.25) is 5.91 Å². The average Bonchev–Trinajstić information content (AvgIpc) is 2.40. The Hall–Kier alpha value is -1.95. The summed E-state index contributed by atoms with van der Waals surface area (Å²) in [5, 5.41) is 16.5. The number of nitrogens with one attached hydrogen (secondary N) is 2. The topological polar surface area (TPSA) is 84.3 Å². The van der Waals surface area contributed by atoms with Gasteiger partial charge in [0.15, 0.2) is 0 Å². The van der Waals surface area contributed by atoms with Crippen LogP contribution < -0.4 is 10.6 Å². The SMILES string of the molecule is O=C(Nc1ccc([N+](=O)[O-])cc1)C1CCNCC1. The third-order valence-electron chi connectivity index (χ3n) is 3.06. The van der Waals surface area contributed by atoms with Crippen LogP contribution in [0.4, 0.5) is 11.4 Å². The molecule has 1 amide bonds. The van der Waals surface area contributed by atoms with Gasteiger partial charge in [-0.25, -0.2) is 0 Å². The first kappa shape index (κ1) is 12.5. The number of hydrogen-bond donors (Lipinski definition) is 2. The molecule has 0 spiro atoms. The minimum Gasteiger partial charge on any atom is -0.326 e. The van der Waals surface area contributed by atoms with Gasteiger partial charge in [-0.15, -0.1) is 0 Å². The van der Waals surface area contributed by atoms with E-state index in [2.05, 4.69) is 10.6 Å². The van der Waals surface area contributed by atoms with Crippen LogP contribution in [-0.4, -0.2) is 23.9 Å². The largest absolute Gasteiger partial charge is 0.326 e. The molecule has 0 aromatic heterocycles. The summed E-state index contributed by atoms with van der Waals surface area (Å²) >= 11 is 0. The Morgan fingerprint density at radius 1 is 1.28 bits per heavy atom. The van der Waals surface area contributed by atoms with Gasteiger partial charge < -0.3 is 10.6 Å². The molecule has 18 heavy (non-hydrogen) atoms. The number of rotatable bonds is 3. The second-order valence-corrected chi connectivity index (χ2v) is 4.32. The van der Waals surface area contributed by atoms with Crippen LogP contribution in [0, 0.1) is 16.0 Å². The van der Waals surface area contributed by atoms with Gasteiger partial charge in [0.1, 0.15) is 0 Å². The van der Waals surface area contributed by atoms with Gasteiger partial charge in [-0.1, -0.05) is 0 Å². The molecule has 96 valence electrons. The van der Waals surface area contributed by atoms with Gasteiger partial charge in [0.25, 0.3) is 5.69 Å². The maximum absolute atomic E-state index is 11.9. The lowest BCUT2D eigenvalue weighted by molar-refractivity contribution is -0.384. The summed E-state index contributed by atoms with van der Waals surface area (Å²) in [4.78, 5) is 21.9. The normalized spacial score (nSPS) is 16.2. The number of hydrogen-bond acceptors (Lipinski definition) is 4. The second kappa shape index (κ2) is 5.59. The highest BCUT2D eigenvalue weighted by atomic mass is 16.6. The second-order valence-electron chi connectivity index (χ2n) is 4.32. The summed E-state index contributed by atoms with van der Waals surface area (Å²) in [6.07, 6.45) is 1.66. The number of nitro groups is 1. The number of non-ortho nitro benzene ring substituents is 1. The fourth-order valence-corrected chi connectivity index (χ4v) is 1.99. The first-order valence-corrected chi connectivity index (χ1v) is 5.93. The van der Waals surface area contributed by atoms with Crippen molar-refractivity contribution in [2.45, 2.75) is 12.8 Å². The number of amides is 1. The molecule has 1 saturated heterocycles. The number of anilines is 1. The van der Waals surface area contributed by atoms with Crippen molar-refractivity contribution in [2.24, 2.45) is 5.92 Å². The van der Waals surface area contributed by atoms with E-state index < -0.39 is 4.92 Å². The van der Waals surface area contributed by atoms with Crippen LogP contribution >= 0.6 is 0 Å². The van der Waals surface area contributed by atoms with Gasteiger partial charge >= 0.3 is 0 Å².